The zero-order valence-corrected chi connectivity index (χ0v) is 12.4. The molecule has 1 unspecified atom stereocenters. The zero-order chi connectivity index (χ0) is 14.2. The minimum absolute atomic E-state index is 0.147. The average molecular weight is 296 g/mol. The molecule has 1 fully saturated rings. The molecule has 0 bridgehead atoms. The molecule has 3 heterocycles. The highest BCUT2D eigenvalue weighted by molar-refractivity contribution is 7.08. The monoisotopic (exact) mass is 296 g/mol. The van der Waals surface area contributed by atoms with E-state index in [1.165, 1.54) is 5.56 Å². The molecule has 3 aromatic rings. The maximum atomic E-state index is 13.0. The SMILES string of the molecule is O=C(c1cccc2[nH]ccc12)N1CCCC1c1ccsc1. The maximum Gasteiger partial charge on any atom is 0.255 e. The van der Waals surface area contributed by atoms with E-state index in [2.05, 4.69) is 21.8 Å². The van der Waals surface area contributed by atoms with Gasteiger partial charge in [-0.1, -0.05) is 6.07 Å². The average Bonchev–Trinajstić information content (AvgIpc) is 3.23. The number of fused-ring (bicyclic) bond motifs is 1. The standard InChI is InChI=1S/C17H16N2OS/c20-17(14-3-1-4-15-13(14)6-8-18-15)19-9-2-5-16(19)12-7-10-21-11-12/h1,3-4,6-8,10-11,16,18H,2,5,9H2. The van der Waals surface area contributed by atoms with Crippen molar-refractivity contribution in [3.8, 4) is 0 Å². The van der Waals surface area contributed by atoms with E-state index in [-0.39, 0.29) is 11.9 Å². The summed E-state index contributed by atoms with van der Waals surface area (Å²) < 4.78 is 0. The van der Waals surface area contributed by atoms with Gasteiger partial charge in [0.25, 0.3) is 5.91 Å². The van der Waals surface area contributed by atoms with E-state index in [0.29, 0.717) is 0 Å². The molecule has 3 nitrogen and oxygen atoms in total. The molecule has 1 amide bonds. The van der Waals surface area contributed by atoms with E-state index >= 15 is 0 Å². The quantitative estimate of drug-likeness (QED) is 0.755. The molecule has 1 aliphatic rings. The van der Waals surface area contributed by atoms with Crippen LogP contribution in [0.4, 0.5) is 0 Å². The van der Waals surface area contributed by atoms with Gasteiger partial charge in [0, 0.05) is 29.2 Å². The fourth-order valence-electron chi connectivity index (χ4n) is 3.25. The van der Waals surface area contributed by atoms with Crippen LogP contribution in [0.15, 0.2) is 47.3 Å². The van der Waals surface area contributed by atoms with Gasteiger partial charge in [-0.3, -0.25) is 4.79 Å². The summed E-state index contributed by atoms with van der Waals surface area (Å²) in [6.07, 6.45) is 4.03. The van der Waals surface area contributed by atoms with Crippen LogP contribution < -0.4 is 0 Å². The van der Waals surface area contributed by atoms with Gasteiger partial charge in [0.1, 0.15) is 0 Å². The number of thiophene rings is 1. The van der Waals surface area contributed by atoms with Crippen LogP contribution in [0, 0.1) is 0 Å². The molecule has 0 saturated carbocycles. The van der Waals surface area contributed by atoms with Crippen molar-refractivity contribution in [2.45, 2.75) is 18.9 Å². The van der Waals surface area contributed by atoms with Crippen LogP contribution in [0.5, 0.6) is 0 Å². The van der Waals surface area contributed by atoms with Crippen LogP contribution in [0.1, 0.15) is 34.8 Å². The first-order valence-corrected chi connectivity index (χ1v) is 8.18. The highest BCUT2D eigenvalue weighted by atomic mass is 32.1. The fourth-order valence-corrected chi connectivity index (χ4v) is 3.95. The van der Waals surface area contributed by atoms with Crippen molar-refractivity contribution in [1.82, 2.24) is 9.88 Å². The molecule has 1 atom stereocenters. The van der Waals surface area contributed by atoms with Crippen molar-refractivity contribution in [3.63, 3.8) is 0 Å². The van der Waals surface area contributed by atoms with E-state index < -0.39 is 0 Å². The Morgan fingerprint density at radius 2 is 2.24 bits per heavy atom. The first-order valence-electron chi connectivity index (χ1n) is 7.24. The van der Waals surface area contributed by atoms with Gasteiger partial charge in [-0.2, -0.15) is 11.3 Å². The number of aromatic nitrogens is 1. The Morgan fingerprint density at radius 1 is 1.29 bits per heavy atom. The third-order valence-electron chi connectivity index (χ3n) is 4.27. The molecule has 1 saturated heterocycles. The molecule has 4 rings (SSSR count). The normalized spacial score (nSPS) is 18.5. The van der Waals surface area contributed by atoms with Crippen LogP contribution >= 0.6 is 11.3 Å². The van der Waals surface area contributed by atoms with Gasteiger partial charge in [-0.25, -0.2) is 0 Å². The Labute approximate surface area is 127 Å². The second-order valence-corrected chi connectivity index (χ2v) is 6.24. The lowest BCUT2D eigenvalue weighted by molar-refractivity contribution is 0.0738. The number of aromatic amines is 1. The predicted octanol–water partition coefficient (Wildman–Crippen LogP) is 4.21. The molecule has 106 valence electrons. The highest BCUT2D eigenvalue weighted by Crippen LogP contribution is 2.35. The number of benzene rings is 1. The number of carbonyl (C=O) groups is 1. The molecule has 0 aliphatic carbocycles. The number of likely N-dealkylation sites (tertiary alicyclic amines) is 1. The molecule has 2 aromatic heterocycles. The summed E-state index contributed by atoms with van der Waals surface area (Å²) in [5.74, 6) is 0.147. The van der Waals surface area contributed by atoms with E-state index in [4.69, 9.17) is 0 Å². The summed E-state index contributed by atoms with van der Waals surface area (Å²) in [6.45, 7) is 0.847. The van der Waals surface area contributed by atoms with Gasteiger partial charge in [0.05, 0.1) is 6.04 Å². The number of hydrogen-bond donors (Lipinski definition) is 1. The summed E-state index contributed by atoms with van der Waals surface area (Å²) in [7, 11) is 0. The largest absolute Gasteiger partial charge is 0.361 e. The summed E-state index contributed by atoms with van der Waals surface area (Å²) in [5, 5.41) is 5.26. The minimum Gasteiger partial charge on any atom is -0.361 e. The highest BCUT2D eigenvalue weighted by Gasteiger charge is 2.31. The van der Waals surface area contributed by atoms with Crippen molar-refractivity contribution in [3.05, 3.63) is 58.4 Å². The van der Waals surface area contributed by atoms with Gasteiger partial charge in [0.2, 0.25) is 0 Å². The molecule has 4 heteroatoms. The van der Waals surface area contributed by atoms with Crippen LogP contribution in [-0.2, 0) is 0 Å². The van der Waals surface area contributed by atoms with Crippen LogP contribution in [0.25, 0.3) is 10.9 Å². The smallest absolute Gasteiger partial charge is 0.255 e. The summed E-state index contributed by atoms with van der Waals surface area (Å²) in [4.78, 5) is 18.2. The Kier molecular flexibility index (Phi) is 3.04. The van der Waals surface area contributed by atoms with E-state index in [9.17, 15) is 4.79 Å². The van der Waals surface area contributed by atoms with Gasteiger partial charge in [-0.05, 0) is 53.4 Å². The van der Waals surface area contributed by atoms with Crippen LogP contribution in [-0.4, -0.2) is 22.3 Å². The Balaban J connectivity index is 1.72. The number of nitrogens with one attached hydrogen (secondary N) is 1. The minimum atomic E-state index is 0.147. The Hall–Kier alpha value is -2.07. The maximum absolute atomic E-state index is 13.0. The molecule has 1 aromatic carbocycles. The molecular formula is C17H16N2OS. The van der Waals surface area contributed by atoms with Crippen molar-refractivity contribution in [1.29, 1.82) is 0 Å². The van der Waals surface area contributed by atoms with E-state index in [1.807, 2.05) is 35.4 Å². The Bertz CT molecular complexity index is 775. The van der Waals surface area contributed by atoms with Crippen LogP contribution in [0.3, 0.4) is 0 Å². The van der Waals surface area contributed by atoms with E-state index in [0.717, 1.165) is 35.9 Å². The molecule has 21 heavy (non-hydrogen) atoms. The van der Waals surface area contributed by atoms with Crippen molar-refractivity contribution in [2.75, 3.05) is 6.54 Å². The molecular weight excluding hydrogens is 280 g/mol. The number of rotatable bonds is 2. The second kappa shape index (κ2) is 5.04. The van der Waals surface area contributed by atoms with Crippen molar-refractivity contribution >= 4 is 28.1 Å². The lowest BCUT2D eigenvalue weighted by atomic mass is 10.1. The lowest BCUT2D eigenvalue weighted by Crippen LogP contribution is -2.30. The van der Waals surface area contributed by atoms with Gasteiger partial charge >= 0.3 is 0 Å². The third-order valence-corrected chi connectivity index (χ3v) is 4.97. The Morgan fingerprint density at radius 3 is 3.10 bits per heavy atom. The third kappa shape index (κ3) is 2.07. The van der Waals surface area contributed by atoms with Gasteiger partial charge in [0.15, 0.2) is 0 Å². The van der Waals surface area contributed by atoms with Gasteiger partial charge < -0.3 is 9.88 Å². The number of carbonyl (C=O) groups excluding carboxylic acids is 1. The molecule has 0 radical (unpaired) electrons. The predicted molar refractivity (Wildman–Crippen MR) is 85.6 cm³/mol. The van der Waals surface area contributed by atoms with Crippen molar-refractivity contribution < 1.29 is 4.79 Å². The topological polar surface area (TPSA) is 36.1 Å². The summed E-state index contributed by atoms with van der Waals surface area (Å²) in [5.41, 5.74) is 3.09. The van der Waals surface area contributed by atoms with Crippen molar-refractivity contribution in [2.24, 2.45) is 0 Å². The molecule has 0 spiro atoms. The molecule has 1 aliphatic heterocycles. The molecule has 1 N–H and O–H groups in total. The number of amides is 1. The fraction of sp³-hybridized carbons (Fsp3) is 0.235. The summed E-state index contributed by atoms with van der Waals surface area (Å²) >= 11 is 1.70. The zero-order valence-electron chi connectivity index (χ0n) is 11.6. The van der Waals surface area contributed by atoms with Crippen LogP contribution in [0.2, 0.25) is 0 Å². The number of H-pyrrole nitrogens is 1. The summed E-state index contributed by atoms with van der Waals surface area (Å²) in [6, 6.07) is 10.2. The van der Waals surface area contributed by atoms with Gasteiger partial charge in [-0.15, -0.1) is 0 Å². The van der Waals surface area contributed by atoms with E-state index in [1.54, 1.807) is 11.3 Å². The number of nitrogens with zero attached hydrogens (tertiary/aromatic N) is 1. The first-order chi connectivity index (χ1) is 10.3. The number of hydrogen-bond acceptors (Lipinski definition) is 2. The second-order valence-electron chi connectivity index (χ2n) is 5.46. The lowest BCUT2D eigenvalue weighted by Gasteiger charge is -2.24. The first kappa shape index (κ1) is 12.7.